The molecule has 1 nitrogen and oxygen atoms in total. The van der Waals surface area contributed by atoms with Gasteiger partial charge in [0.05, 0.1) is 0 Å². The molecule has 1 aromatic rings. The van der Waals surface area contributed by atoms with Crippen LogP contribution < -0.4 is 5.32 Å². The van der Waals surface area contributed by atoms with Crippen LogP contribution in [0.25, 0.3) is 0 Å². The maximum Gasteiger partial charge on any atom is 0.0219 e. The topological polar surface area (TPSA) is 12.0 Å². The largest absolute Gasteiger partial charge is 0.311 e. The minimum Gasteiger partial charge on any atom is -0.311 e. The summed E-state index contributed by atoms with van der Waals surface area (Å²) in [5.41, 5.74) is 1.50. The van der Waals surface area contributed by atoms with Gasteiger partial charge >= 0.3 is 0 Å². The minimum absolute atomic E-state index is 0.432. The fourth-order valence-electron chi connectivity index (χ4n) is 2.00. The fourth-order valence-corrected chi connectivity index (χ4v) is 2.00. The maximum absolute atomic E-state index is 3.77. The molecule has 3 atom stereocenters. The summed E-state index contributed by atoms with van der Waals surface area (Å²) in [6, 6.07) is 11.2. The fraction of sp³-hybridized carbons (Fsp3) is 0.429. The molecule has 2 rings (SSSR count). The lowest BCUT2D eigenvalue weighted by atomic mass is 10.1. The first-order valence-electron chi connectivity index (χ1n) is 5.72. The average molecular weight is 201 g/mol. The highest BCUT2D eigenvalue weighted by Gasteiger charge is 2.37. The quantitative estimate of drug-likeness (QED) is 0.722. The highest BCUT2D eigenvalue weighted by molar-refractivity contribution is 5.25. The van der Waals surface area contributed by atoms with E-state index in [1.807, 2.05) is 6.08 Å². The van der Waals surface area contributed by atoms with Crippen molar-refractivity contribution in [2.45, 2.75) is 25.3 Å². The third-order valence-corrected chi connectivity index (χ3v) is 3.21. The van der Waals surface area contributed by atoms with Crippen LogP contribution in [0.3, 0.4) is 0 Å². The smallest absolute Gasteiger partial charge is 0.0219 e. The normalized spacial score (nSPS) is 25.9. The SMILES string of the molecule is C=CC(C)NCC1CC1c1ccccc1. The maximum atomic E-state index is 3.77. The Labute approximate surface area is 92.2 Å². The van der Waals surface area contributed by atoms with Gasteiger partial charge in [-0.15, -0.1) is 6.58 Å². The van der Waals surface area contributed by atoms with Crippen LogP contribution in [-0.4, -0.2) is 12.6 Å². The first-order valence-corrected chi connectivity index (χ1v) is 5.72. The van der Waals surface area contributed by atoms with Crippen LogP contribution in [0.4, 0.5) is 0 Å². The van der Waals surface area contributed by atoms with Crippen LogP contribution in [0.1, 0.15) is 24.8 Å². The van der Waals surface area contributed by atoms with Crippen LogP contribution in [0.5, 0.6) is 0 Å². The Kier molecular flexibility index (Phi) is 3.22. The van der Waals surface area contributed by atoms with Crippen molar-refractivity contribution in [1.82, 2.24) is 5.32 Å². The third kappa shape index (κ3) is 2.69. The van der Waals surface area contributed by atoms with Crippen LogP contribution in [-0.2, 0) is 0 Å². The van der Waals surface area contributed by atoms with Gasteiger partial charge in [-0.05, 0) is 37.3 Å². The van der Waals surface area contributed by atoms with Crippen molar-refractivity contribution in [3.63, 3.8) is 0 Å². The van der Waals surface area contributed by atoms with Gasteiger partial charge in [0.2, 0.25) is 0 Å². The average Bonchev–Trinajstić information content (AvgIpc) is 3.06. The second-order valence-electron chi connectivity index (χ2n) is 4.45. The summed E-state index contributed by atoms with van der Waals surface area (Å²) in [4.78, 5) is 0. The summed E-state index contributed by atoms with van der Waals surface area (Å²) in [7, 11) is 0. The molecule has 1 aliphatic rings. The lowest BCUT2D eigenvalue weighted by Crippen LogP contribution is -2.26. The molecule has 0 spiro atoms. The summed E-state index contributed by atoms with van der Waals surface area (Å²) >= 11 is 0. The van der Waals surface area contributed by atoms with Gasteiger partial charge < -0.3 is 5.32 Å². The number of hydrogen-bond donors (Lipinski definition) is 1. The van der Waals surface area contributed by atoms with E-state index in [0.29, 0.717) is 6.04 Å². The van der Waals surface area contributed by atoms with Gasteiger partial charge in [-0.3, -0.25) is 0 Å². The first-order chi connectivity index (χ1) is 7.31. The van der Waals surface area contributed by atoms with Crippen LogP contribution in [0.15, 0.2) is 43.0 Å². The Morgan fingerprint density at radius 1 is 1.47 bits per heavy atom. The van der Waals surface area contributed by atoms with Crippen LogP contribution in [0.2, 0.25) is 0 Å². The molecule has 80 valence electrons. The van der Waals surface area contributed by atoms with E-state index in [1.165, 1.54) is 12.0 Å². The van der Waals surface area contributed by atoms with Gasteiger partial charge in [-0.1, -0.05) is 36.4 Å². The Hall–Kier alpha value is -1.08. The molecule has 15 heavy (non-hydrogen) atoms. The summed E-state index contributed by atoms with van der Waals surface area (Å²) in [6.45, 7) is 7.04. The van der Waals surface area contributed by atoms with E-state index in [4.69, 9.17) is 0 Å². The predicted molar refractivity (Wildman–Crippen MR) is 65.0 cm³/mol. The zero-order valence-corrected chi connectivity index (χ0v) is 9.32. The molecule has 1 aliphatic carbocycles. The highest BCUT2D eigenvalue weighted by atomic mass is 14.9. The van der Waals surface area contributed by atoms with Crippen molar-refractivity contribution in [1.29, 1.82) is 0 Å². The van der Waals surface area contributed by atoms with Gasteiger partial charge in [0, 0.05) is 6.04 Å². The molecular weight excluding hydrogens is 182 g/mol. The molecule has 1 saturated carbocycles. The summed E-state index contributed by atoms with van der Waals surface area (Å²) < 4.78 is 0. The molecule has 0 amide bonds. The summed E-state index contributed by atoms with van der Waals surface area (Å²) in [5.74, 6) is 1.62. The Bertz CT molecular complexity index is 317. The summed E-state index contributed by atoms with van der Waals surface area (Å²) in [6.07, 6.45) is 3.29. The van der Waals surface area contributed by atoms with E-state index >= 15 is 0 Å². The van der Waals surface area contributed by atoms with Gasteiger partial charge in [0.15, 0.2) is 0 Å². The molecule has 1 aromatic carbocycles. The van der Waals surface area contributed by atoms with E-state index in [0.717, 1.165) is 18.4 Å². The van der Waals surface area contributed by atoms with Crippen molar-refractivity contribution in [3.05, 3.63) is 48.6 Å². The van der Waals surface area contributed by atoms with Gasteiger partial charge in [0.1, 0.15) is 0 Å². The van der Waals surface area contributed by atoms with Crippen molar-refractivity contribution >= 4 is 0 Å². The van der Waals surface area contributed by atoms with E-state index in [2.05, 4.69) is 49.2 Å². The molecular formula is C14H19N. The van der Waals surface area contributed by atoms with Gasteiger partial charge in [0.25, 0.3) is 0 Å². The molecule has 0 heterocycles. The standard InChI is InChI=1S/C14H19N/c1-3-11(2)15-10-13-9-14(13)12-7-5-4-6-8-12/h3-8,11,13-15H,1,9-10H2,2H3. The van der Waals surface area contributed by atoms with E-state index in [9.17, 15) is 0 Å². The zero-order valence-electron chi connectivity index (χ0n) is 9.32. The summed E-state index contributed by atoms with van der Waals surface area (Å²) in [5, 5.41) is 3.48. The molecule has 3 unspecified atom stereocenters. The van der Waals surface area contributed by atoms with Crippen molar-refractivity contribution in [3.8, 4) is 0 Å². The van der Waals surface area contributed by atoms with Gasteiger partial charge in [-0.2, -0.15) is 0 Å². The van der Waals surface area contributed by atoms with E-state index in [1.54, 1.807) is 0 Å². The molecule has 1 N–H and O–H groups in total. The Balaban J connectivity index is 1.79. The Morgan fingerprint density at radius 3 is 2.87 bits per heavy atom. The Morgan fingerprint density at radius 2 is 2.20 bits per heavy atom. The number of hydrogen-bond acceptors (Lipinski definition) is 1. The number of rotatable bonds is 5. The van der Waals surface area contributed by atoms with Crippen LogP contribution >= 0.6 is 0 Å². The van der Waals surface area contributed by atoms with E-state index < -0.39 is 0 Å². The second-order valence-corrected chi connectivity index (χ2v) is 4.45. The van der Waals surface area contributed by atoms with Crippen LogP contribution in [0, 0.1) is 5.92 Å². The monoisotopic (exact) mass is 201 g/mol. The number of benzene rings is 1. The second kappa shape index (κ2) is 4.63. The zero-order chi connectivity index (χ0) is 10.7. The molecule has 1 fully saturated rings. The number of nitrogens with one attached hydrogen (secondary N) is 1. The van der Waals surface area contributed by atoms with Crippen molar-refractivity contribution in [2.24, 2.45) is 5.92 Å². The van der Waals surface area contributed by atoms with E-state index in [-0.39, 0.29) is 0 Å². The molecule has 0 radical (unpaired) electrons. The molecule has 0 saturated heterocycles. The molecule has 0 bridgehead atoms. The first kappa shape index (κ1) is 10.4. The lowest BCUT2D eigenvalue weighted by Gasteiger charge is -2.08. The lowest BCUT2D eigenvalue weighted by molar-refractivity contribution is 0.588. The molecule has 0 aromatic heterocycles. The molecule has 0 aliphatic heterocycles. The third-order valence-electron chi connectivity index (χ3n) is 3.21. The predicted octanol–water partition coefficient (Wildman–Crippen LogP) is 2.95. The molecule has 1 heteroatoms. The van der Waals surface area contributed by atoms with Crippen molar-refractivity contribution in [2.75, 3.05) is 6.54 Å². The minimum atomic E-state index is 0.432. The highest BCUT2D eigenvalue weighted by Crippen LogP contribution is 2.46. The van der Waals surface area contributed by atoms with Crippen molar-refractivity contribution < 1.29 is 0 Å². The van der Waals surface area contributed by atoms with Gasteiger partial charge in [-0.25, -0.2) is 0 Å².